The predicted molar refractivity (Wildman–Crippen MR) is 107 cm³/mol. The molecule has 0 aliphatic heterocycles. The van der Waals surface area contributed by atoms with E-state index in [-0.39, 0.29) is 17.0 Å². The van der Waals surface area contributed by atoms with Crippen LogP contribution in [-0.2, 0) is 0 Å². The van der Waals surface area contributed by atoms with Crippen molar-refractivity contribution in [2.45, 2.75) is 13.8 Å². The van der Waals surface area contributed by atoms with Crippen molar-refractivity contribution in [3.05, 3.63) is 88.7 Å². The number of hydrogen-bond acceptors (Lipinski definition) is 4. The van der Waals surface area contributed by atoms with Gasteiger partial charge in [0.15, 0.2) is 0 Å². The first-order valence-electron chi connectivity index (χ1n) is 8.62. The summed E-state index contributed by atoms with van der Waals surface area (Å²) in [6.07, 6.45) is 2.78. The fraction of sp³-hybridized carbons (Fsp3) is 0.0909. The molecule has 6 heteroatoms. The van der Waals surface area contributed by atoms with Gasteiger partial charge in [0.1, 0.15) is 6.07 Å². The summed E-state index contributed by atoms with van der Waals surface area (Å²) < 4.78 is 0. The normalized spacial score (nSPS) is 10.0. The molecule has 28 heavy (non-hydrogen) atoms. The number of carbonyl (C=O) groups excluding carboxylic acids is 2. The number of para-hydroxylation sites is 1. The molecule has 0 aliphatic carbocycles. The lowest BCUT2D eigenvalue weighted by atomic mass is 10.1. The molecule has 0 saturated heterocycles. The summed E-state index contributed by atoms with van der Waals surface area (Å²) in [5, 5.41) is 14.7. The van der Waals surface area contributed by atoms with Crippen molar-refractivity contribution in [2.75, 3.05) is 10.6 Å². The standard InChI is InChI=1S/C22H18N4O2/c1-14-6-5-9-19(15(14)2)25-21(27)17-10-18(13-24-12-17)22(28)26-20-8-4-3-7-16(20)11-23/h3-10,12-13H,1-2H3,(H,25,27)(H,26,28). The van der Waals surface area contributed by atoms with Crippen LogP contribution in [0.4, 0.5) is 11.4 Å². The lowest BCUT2D eigenvalue weighted by Gasteiger charge is -2.11. The van der Waals surface area contributed by atoms with Gasteiger partial charge in [0.05, 0.1) is 22.4 Å². The van der Waals surface area contributed by atoms with E-state index in [1.807, 2.05) is 38.1 Å². The maximum Gasteiger partial charge on any atom is 0.257 e. The Bertz CT molecular complexity index is 1100. The van der Waals surface area contributed by atoms with Gasteiger partial charge in [-0.2, -0.15) is 5.26 Å². The summed E-state index contributed by atoms with van der Waals surface area (Å²) in [5.74, 6) is -0.801. The van der Waals surface area contributed by atoms with Crippen LogP contribution in [0.25, 0.3) is 0 Å². The lowest BCUT2D eigenvalue weighted by molar-refractivity contribution is 0.102. The zero-order valence-corrected chi connectivity index (χ0v) is 15.5. The van der Waals surface area contributed by atoms with Crippen LogP contribution >= 0.6 is 0 Å². The van der Waals surface area contributed by atoms with E-state index in [2.05, 4.69) is 15.6 Å². The monoisotopic (exact) mass is 370 g/mol. The molecule has 6 nitrogen and oxygen atoms in total. The number of aryl methyl sites for hydroxylation is 1. The second-order valence-corrected chi connectivity index (χ2v) is 6.28. The van der Waals surface area contributed by atoms with Crippen LogP contribution in [0.15, 0.2) is 60.9 Å². The van der Waals surface area contributed by atoms with Crippen molar-refractivity contribution in [3.63, 3.8) is 0 Å². The summed E-state index contributed by atoms with van der Waals surface area (Å²) in [6.45, 7) is 3.90. The Balaban J connectivity index is 1.80. The van der Waals surface area contributed by atoms with Crippen molar-refractivity contribution in [1.82, 2.24) is 4.98 Å². The third-order valence-corrected chi connectivity index (χ3v) is 4.41. The van der Waals surface area contributed by atoms with Crippen LogP contribution in [-0.4, -0.2) is 16.8 Å². The highest BCUT2D eigenvalue weighted by molar-refractivity contribution is 6.08. The van der Waals surface area contributed by atoms with E-state index in [9.17, 15) is 9.59 Å². The molecule has 0 radical (unpaired) electrons. The first-order chi connectivity index (χ1) is 13.5. The van der Waals surface area contributed by atoms with E-state index in [0.29, 0.717) is 16.9 Å². The maximum absolute atomic E-state index is 12.6. The zero-order valence-electron chi connectivity index (χ0n) is 15.5. The molecule has 3 aromatic rings. The van der Waals surface area contributed by atoms with Gasteiger partial charge in [-0.05, 0) is 49.2 Å². The average molecular weight is 370 g/mol. The van der Waals surface area contributed by atoms with Gasteiger partial charge in [-0.15, -0.1) is 0 Å². The molecule has 138 valence electrons. The minimum Gasteiger partial charge on any atom is -0.322 e. The zero-order chi connectivity index (χ0) is 20.1. The van der Waals surface area contributed by atoms with E-state index in [4.69, 9.17) is 5.26 Å². The first kappa shape index (κ1) is 18.8. The van der Waals surface area contributed by atoms with E-state index in [1.165, 1.54) is 18.5 Å². The Labute approximate surface area is 162 Å². The molecular formula is C22H18N4O2. The first-order valence-corrected chi connectivity index (χ1v) is 8.62. The molecule has 0 spiro atoms. The minimum atomic E-state index is -0.448. The van der Waals surface area contributed by atoms with Crippen LogP contribution in [0.3, 0.4) is 0 Å². The van der Waals surface area contributed by atoms with Crippen molar-refractivity contribution in [1.29, 1.82) is 5.26 Å². The lowest BCUT2D eigenvalue weighted by Crippen LogP contribution is -2.17. The number of hydrogen-bond donors (Lipinski definition) is 2. The van der Waals surface area contributed by atoms with Gasteiger partial charge < -0.3 is 10.6 Å². The Morgan fingerprint density at radius 1 is 0.893 bits per heavy atom. The van der Waals surface area contributed by atoms with E-state index >= 15 is 0 Å². The van der Waals surface area contributed by atoms with Crippen molar-refractivity contribution < 1.29 is 9.59 Å². The minimum absolute atomic E-state index is 0.223. The maximum atomic E-state index is 12.6. The van der Waals surface area contributed by atoms with Crippen molar-refractivity contribution >= 4 is 23.2 Å². The number of anilines is 2. The van der Waals surface area contributed by atoms with Crippen LogP contribution in [0.1, 0.15) is 37.4 Å². The molecule has 0 atom stereocenters. The van der Waals surface area contributed by atoms with Gasteiger partial charge in [-0.1, -0.05) is 24.3 Å². The molecule has 0 unspecified atom stereocenters. The van der Waals surface area contributed by atoms with Crippen LogP contribution in [0.5, 0.6) is 0 Å². The van der Waals surface area contributed by atoms with Crippen LogP contribution in [0, 0.1) is 25.2 Å². The molecule has 2 amide bonds. The van der Waals surface area contributed by atoms with Crippen LogP contribution in [0.2, 0.25) is 0 Å². The third-order valence-electron chi connectivity index (χ3n) is 4.41. The van der Waals surface area contributed by atoms with E-state index < -0.39 is 5.91 Å². The molecule has 1 aromatic heterocycles. The van der Waals surface area contributed by atoms with E-state index in [1.54, 1.807) is 24.3 Å². The highest BCUT2D eigenvalue weighted by Gasteiger charge is 2.14. The van der Waals surface area contributed by atoms with E-state index in [0.717, 1.165) is 11.1 Å². The number of benzene rings is 2. The SMILES string of the molecule is Cc1cccc(NC(=O)c2cncc(C(=O)Nc3ccccc3C#N)c2)c1C. The number of pyridine rings is 1. The second kappa shape index (κ2) is 8.14. The number of nitrogens with zero attached hydrogens (tertiary/aromatic N) is 2. The summed E-state index contributed by atoms with van der Waals surface area (Å²) in [4.78, 5) is 29.1. The molecule has 0 aliphatic rings. The largest absolute Gasteiger partial charge is 0.322 e. The highest BCUT2D eigenvalue weighted by Crippen LogP contribution is 2.19. The second-order valence-electron chi connectivity index (χ2n) is 6.28. The predicted octanol–water partition coefficient (Wildman–Crippen LogP) is 4.07. The molecule has 2 N–H and O–H groups in total. The van der Waals surface area contributed by atoms with Gasteiger partial charge in [-0.25, -0.2) is 0 Å². The fourth-order valence-corrected chi connectivity index (χ4v) is 2.65. The summed E-state index contributed by atoms with van der Waals surface area (Å²) in [6, 6.07) is 15.8. The smallest absolute Gasteiger partial charge is 0.257 e. The topological polar surface area (TPSA) is 94.9 Å². The molecule has 3 rings (SSSR count). The fourth-order valence-electron chi connectivity index (χ4n) is 2.65. The van der Waals surface area contributed by atoms with Gasteiger partial charge in [0.2, 0.25) is 0 Å². The summed E-state index contributed by atoms with van der Waals surface area (Å²) in [7, 11) is 0. The Morgan fingerprint density at radius 3 is 2.18 bits per heavy atom. The Morgan fingerprint density at radius 2 is 1.50 bits per heavy atom. The number of rotatable bonds is 4. The Hall–Kier alpha value is -3.98. The number of nitrogens with one attached hydrogen (secondary N) is 2. The number of nitriles is 1. The summed E-state index contributed by atoms with van der Waals surface area (Å²) in [5.41, 5.74) is 4.00. The van der Waals surface area contributed by atoms with Crippen molar-refractivity contribution in [3.8, 4) is 6.07 Å². The molecule has 0 fully saturated rings. The van der Waals surface area contributed by atoms with Crippen molar-refractivity contribution in [2.24, 2.45) is 0 Å². The number of amides is 2. The Kier molecular flexibility index (Phi) is 5.47. The number of aromatic nitrogens is 1. The third kappa shape index (κ3) is 4.05. The molecular weight excluding hydrogens is 352 g/mol. The molecule has 0 bridgehead atoms. The summed E-state index contributed by atoms with van der Waals surface area (Å²) >= 11 is 0. The molecule has 0 saturated carbocycles. The molecule has 1 heterocycles. The van der Waals surface area contributed by atoms with Gasteiger partial charge >= 0.3 is 0 Å². The average Bonchev–Trinajstić information content (AvgIpc) is 2.72. The quantitative estimate of drug-likeness (QED) is 0.723. The number of carbonyl (C=O) groups is 2. The highest BCUT2D eigenvalue weighted by atomic mass is 16.2. The van der Waals surface area contributed by atoms with Crippen LogP contribution < -0.4 is 10.6 Å². The van der Waals surface area contributed by atoms with Gasteiger partial charge in [0.25, 0.3) is 11.8 Å². The van der Waals surface area contributed by atoms with Gasteiger partial charge in [0, 0.05) is 18.1 Å². The molecule has 2 aromatic carbocycles. The van der Waals surface area contributed by atoms with Gasteiger partial charge in [-0.3, -0.25) is 14.6 Å².